The number of sulfonamides is 1. The average Bonchev–Trinajstić information content (AvgIpc) is 2.44. The summed E-state index contributed by atoms with van der Waals surface area (Å²) in [5.74, 6) is -0.460. The lowest BCUT2D eigenvalue weighted by Crippen LogP contribution is -2.44. The number of rotatable bonds is 3. The molecular weight excluding hydrogens is 315 g/mol. The first-order chi connectivity index (χ1) is 9.77. The van der Waals surface area contributed by atoms with E-state index < -0.39 is 15.8 Å². The average molecular weight is 335 g/mol. The van der Waals surface area contributed by atoms with E-state index in [1.54, 1.807) is 0 Å². The van der Waals surface area contributed by atoms with E-state index in [4.69, 9.17) is 17.3 Å². The minimum atomic E-state index is -3.74. The molecule has 118 valence electrons. The first kappa shape index (κ1) is 16.7. The van der Waals surface area contributed by atoms with Crippen molar-refractivity contribution in [3.8, 4) is 0 Å². The minimum absolute atomic E-state index is 0.00886. The second-order valence-electron chi connectivity index (χ2n) is 5.69. The SMILES string of the molecule is CC1CCC(C)N(S(=O)(=O)c2cc(F)c(Cl)c(CN)c2)C1. The zero-order chi connectivity index (χ0) is 15.8. The van der Waals surface area contributed by atoms with Crippen LogP contribution < -0.4 is 5.73 Å². The van der Waals surface area contributed by atoms with E-state index in [1.165, 1.54) is 10.4 Å². The second kappa shape index (κ2) is 6.20. The first-order valence-corrected chi connectivity index (χ1v) is 8.79. The predicted octanol–water partition coefficient (Wildman–Crippen LogP) is 2.75. The summed E-state index contributed by atoms with van der Waals surface area (Å²) in [6.07, 6.45) is 1.80. The van der Waals surface area contributed by atoms with Gasteiger partial charge in [0.15, 0.2) is 0 Å². The summed E-state index contributed by atoms with van der Waals surface area (Å²) in [6, 6.07) is 2.25. The Labute approximate surface area is 130 Å². The van der Waals surface area contributed by atoms with Crippen LogP contribution in [0, 0.1) is 11.7 Å². The van der Waals surface area contributed by atoms with Crippen molar-refractivity contribution in [1.29, 1.82) is 0 Å². The highest BCUT2D eigenvalue weighted by atomic mass is 35.5. The van der Waals surface area contributed by atoms with Crippen LogP contribution in [-0.2, 0) is 16.6 Å². The molecule has 0 aliphatic carbocycles. The van der Waals surface area contributed by atoms with Gasteiger partial charge in [0.1, 0.15) is 5.82 Å². The summed E-state index contributed by atoms with van der Waals surface area (Å²) in [6.45, 7) is 4.33. The van der Waals surface area contributed by atoms with Gasteiger partial charge in [0.05, 0.1) is 9.92 Å². The van der Waals surface area contributed by atoms with Crippen molar-refractivity contribution in [1.82, 2.24) is 4.31 Å². The number of halogens is 2. The Kier molecular flexibility index (Phi) is 4.92. The summed E-state index contributed by atoms with van der Waals surface area (Å²) in [4.78, 5) is -0.0780. The highest BCUT2D eigenvalue weighted by Crippen LogP contribution is 2.30. The Morgan fingerprint density at radius 3 is 2.67 bits per heavy atom. The quantitative estimate of drug-likeness (QED) is 0.924. The fraction of sp³-hybridized carbons (Fsp3) is 0.571. The van der Waals surface area contributed by atoms with Crippen molar-refractivity contribution < 1.29 is 12.8 Å². The van der Waals surface area contributed by atoms with Gasteiger partial charge in [0.2, 0.25) is 10.0 Å². The van der Waals surface area contributed by atoms with Crippen molar-refractivity contribution in [2.45, 2.75) is 44.2 Å². The van der Waals surface area contributed by atoms with Crippen LogP contribution >= 0.6 is 11.6 Å². The summed E-state index contributed by atoms with van der Waals surface area (Å²) >= 11 is 5.79. The Hall–Kier alpha value is -0.690. The molecule has 1 aromatic carbocycles. The molecule has 2 rings (SSSR count). The molecule has 0 radical (unpaired) electrons. The molecule has 7 heteroatoms. The first-order valence-electron chi connectivity index (χ1n) is 6.97. The van der Waals surface area contributed by atoms with Crippen LogP contribution in [0.15, 0.2) is 17.0 Å². The largest absolute Gasteiger partial charge is 0.326 e. The van der Waals surface area contributed by atoms with Crippen molar-refractivity contribution in [3.05, 3.63) is 28.5 Å². The van der Waals surface area contributed by atoms with Gasteiger partial charge in [0, 0.05) is 19.1 Å². The molecule has 21 heavy (non-hydrogen) atoms. The van der Waals surface area contributed by atoms with Crippen LogP contribution in [0.1, 0.15) is 32.3 Å². The molecule has 0 aromatic heterocycles. The number of hydrogen-bond acceptors (Lipinski definition) is 3. The fourth-order valence-corrected chi connectivity index (χ4v) is 4.66. The third-order valence-electron chi connectivity index (χ3n) is 3.96. The van der Waals surface area contributed by atoms with E-state index in [-0.39, 0.29) is 22.5 Å². The van der Waals surface area contributed by atoms with Gasteiger partial charge in [-0.1, -0.05) is 18.5 Å². The minimum Gasteiger partial charge on any atom is -0.326 e. The zero-order valence-electron chi connectivity index (χ0n) is 12.1. The lowest BCUT2D eigenvalue weighted by molar-refractivity contribution is 0.218. The van der Waals surface area contributed by atoms with Gasteiger partial charge >= 0.3 is 0 Å². The van der Waals surface area contributed by atoms with E-state index in [0.29, 0.717) is 18.0 Å². The normalized spacial score (nSPS) is 24.2. The van der Waals surface area contributed by atoms with Crippen LogP contribution in [0.5, 0.6) is 0 Å². The lowest BCUT2D eigenvalue weighted by atomic mass is 9.97. The van der Waals surface area contributed by atoms with Gasteiger partial charge in [-0.3, -0.25) is 0 Å². The van der Waals surface area contributed by atoms with Gasteiger partial charge in [0.25, 0.3) is 0 Å². The molecule has 2 N–H and O–H groups in total. The monoisotopic (exact) mass is 334 g/mol. The van der Waals surface area contributed by atoms with E-state index in [0.717, 1.165) is 18.9 Å². The van der Waals surface area contributed by atoms with E-state index in [1.807, 2.05) is 13.8 Å². The Balaban J connectivity index is 2.46. The van der Waals surface area contributed by atoms with Gasteiger partial charge in [-0.15, -0.1) is 0 Å². The van der Waals surface area contributed by atoms with Crippen LogP contribution in [0.3, 0.4) is 0 Å². The highest BCUT2D eigenvalue weighted by molar-refractivity contribution is 7.89. The summed E-state index contributed by atoms with van der Waals surface area (Å²) in [7, 11) is -3.74. The summed E-state index contributed by atoms with van der Waals surface area (Å²) in [5, 5.41) is -0.114. The van der Waals surface area contributed by atoms with Crippen molar-refractivity contribution in [2.24, 2.45) is 11.7 Å². The van der Waals surface area contributed by atoms with Gasteiger partial charge in [-0.05, 0) is 43.4 Å². The number of nitrogens with two attached hydrogens (primary N) is 1. The predicted molar refractivity (Wildman–Crippen MR) is 81.1 cm³/mol. The third kappa shape index (κ3) is 3.23. The van der Waals surface area contributed by atoms with Crippen LogP contribution in [0.2, 0.25) is 5.02 Å². The summed E-state index contributed by atoms with van der Waals surface area (Å²) < 4.78 is 40.8. The third-order valence-corrected chi connectivity index (χ3v) is 6.35. The van der Waals surface area contributed by atoms with Crippen LogP contribution in [-0.4, -0.2) is 25.3 Å². The van der Waals surface area contributed by atoms with E-state index >= 15 is 0 Å². The maximum absolute atomic E-state index is 13.8. The Morgan fingerprint density at radius 1 is 1.38 bits per heavy atom. The van der Waals surface area contributed by atoms with E-state index in [9.17, 15) is 12.8 Å². The molecule has 0 saturated carbocycles. The number of piperidine rings is 1. The molecular formula is C14H20ClFN2O2S. The fourth-order valence-electron chi connectivity index (χ4n) is 2.63. The molecule has 1 aromatic rings. The standard InChI is InChI=1S/C14H20ClFN2O2S/c1-9-3-4-10(2)18(8-9)21(19,20)12-5-11(7-17)14(15)13(16)6-12/h5-6,9-10H,3-4,7-8,17H2,1-2H3. The molecule has 0 spiro atoms. The molecule has 1 fully saturated rings. The lowest BCUT2D eigenvalue weighted by Gasteiger charge is -2.35. The Bertz CT molecular complexity index is 636. The molecule has 2 atom stereocenters. The van der Waals surface area contributed by atoms with Crippen LogP contribution in [0.4, 0.5) is 4.39 Å². The molecule has 1 saturated heterocycles. The molecule has 2 unspecified atom stereocenters. The molecule has 0 bridgehead atoms. The molecule has 4 nitrogen and oxygen atoms in total. The van der Waals surface area contributed by atoms with Gasteiger partial charge in [-0.25, -0.2) is 12.8 Å². The van der Waals surface area contributed by atoms with E-state index in [2.05, 4.69) is 0 Å². The second-order valence-corrected chi connectivity index (χ2v) is 7.96. The smallest absolute Gasteiger partial charge is 0.243 e. The van der Waals surface area contributed by atoms with Crippen molar-refractivity contribution in [2.75, 3.05) is 6.54 Å². The number of nitrogens with zero attached hydrogens (tertiary/aromatic N) is 1. The Morgan fingerprint density at radius 2 is 2.05 bits per heavy atom. The molecule has 1 aliphatic heterocycles. The maximum Gasteiger partial charge on any atom is 0.243 e. The molecule has 1 aliphatic rings. The number of benzene rings is 1. The maximum atomic E-state index is 13.8. The molecule has 0 amide bonds. The van der Waals surface area contributed by atoms with Gasteiger partial charge < -0.3 is 5.73 Å². The number of hydrogen-bond donors (Lipinski definition) is 1. The van der Waals surface area contributed by atoms with Crippen LogP contribution in [0.25, 0.3) is 0 Å². The summed E-state index contributed by atoms with van der Waals surface area (Å²) in [5.41, 5.74) is 5.80. The van der Waals surface area contributed by atoms with Crippen molar-refractivity contribution in [3.63, 3.8) is 0 Å². The molecule has 1 heterocycles. The highest BCUT2D eigenvalue weighted by Gasteiger charge is 2.34. The zero-order valence-corrected chi connectivity index (χ0v) is 13.7. The van der Waals surface area contributed by atoms with Crippen molar-refractivity contribution >= 4 is 21.6 Å². The van der Waals surface area contributed by atoms with Gasteiger partial charge in [-0.2, -0.15) is 4.31 Å². The topological polar surface area (TPSA) is 63.4 Å².